The molecule has 4 rings (SSSR count). The van der Waals surface area contributed by atoms with Gasteiger partial charge in [0, 0.05) is 32.7 Å². The lowest BCUT2D eigenvalue weighted by molar-refractivity contribution is 0.249. The van der Waals surface area contributed by atoms with E-state index in [-0.39, 0.29) is 0 Å². The highest BCUT2D eigenvalue weighted by atomic mass is 15.3. The van der Waals surface area contributed by atoms with Crippen LogP contribution in [0.15, 0.2) is 36.7 Å². The van der Waals surface area contributed by atoms with Crippen LogP contribution in [0.1, 0.15) is 11.4 Å². The van der Waals surface area contributed by atoms with Crippen molar-refractivity contribution in [3.8, 4) is 0 Å². The molecule has 1 N–H and O–H groups in total. The zero-order valence-corrected chi connectivity index (χ0v) is 13.2. The molecule has 3 aromatic rings. The molecule has 0 spiro atoms. The van der Waals surface area contributed by atoms with Crippen molar-refractivity contribution < 1.29 is 0 Å². The molecule has 3 heterocycles. The molecule has 0 aliphatic carbocycles. The molecule has 0 atom stereocenters. The maximum absolute atomic E-state index is 4.48. The molecule has 0 unspecified atom stereocenters. The molecule has 118 valence electrons. The number of aromatic nitrogens is 4. The predicted octanol–water partition coefficient (Wildman–Crippen LogP) is 1.98. The van der Waals surface area contributed by atoms with Crippen LogP contribution < -0.4 is 4.90 Å². The van der Waals surface area contributed by atoms with Gasteiger partial charge in [0.15, 0.2) is 11.5 Å². The number of aryl methyl sites for hydroxylation is 1. The number of aromatic amines is 1. The Bertz CT molecular complexity index is 789. The summed E-state index contributed by atoms with van der Waals surface area (Å²) < 4.78 is 0. The van der Waals surface area contributed by atoms with Gasteiger partial charge in [-0.05, 0) is 12.5 Å². The average molecular weight is 308 g/mol. The van der Waals surface area contributed by atoms with Crippen molar-refractivity contribution in [3.05, 3.63) is 48.0 Å². The minimum atomic E-state index is 0.749. The Labute approximate surface area is 135 Å². The molecule has 2 aromatic heterocycles. The van der Waals surface area contributed by atoms with Gasteiger partial charge in [0.2, 0.25) is 0 Å². The summed E-state index contributed by atoms with van der Waals surface area (Å²) in [5.74, 6) is 1.85. The van der Waals surface area contributed by atoms with Crippen LogP contribution >= 0.6 is 0 Å². The van der Waals surface area contributed by atoms with Crippen molar-refractivity contribution in [3.63, 3.8) is 0 Å². The summed E-state index contributed by atoms with van der Waals surface area (Å²) in [5.41, 5.74) is 3.07. The van der Waals surface area contributed by atoms with Gasteiger partial charge in [0.05, 0.1) is 0 Å². The highest BCUT2D eigenvalue weighted by Gasteiger charge is 2.21. The molecular weight excluding hydrogens is 288 g/mol. The normalized spacial score (nSPS) is 16.1. The first-order valence-corrected chi connectivity index (χ1v) is 7.98. The molecule has 0 bridgehead atoms. The van der Waals surface area contributed by atoms with Gasteiger partial charge in [-0.15, -0.1) is 0 Å². The van der Waals surface area contributed by atoms with Gasteiger partial charge in [-0.3, -0.25) is 4.90 Å². The number of piperazine rings is 1. The van der Waals surface area contributed by atoms with Gasteiger partial charge >= 0.3 is 0 Å². The summed E-state index contributed by atoms with van der Waals surface area (Å²) in [6, 6.07) is 10.6. The van der Waals surface area contributed by atoms with Gasteiger partial charge in [-0.1, -0.05) is 30.3 Å². The number of nitrogens with zero attached hydrogens (tertiary/aromatic N) is 5. The van der Waals surface area contributed by atoms with Crippen LogP contribution in [0.3, 0.4) is 0 Å². The SMILES string of the molecule is Cc1nc2ncnc(N3CCN(Cc4ccccc4)CC3)c2[nH]1. The van der Waals surface area contributed by atoms with Crippen molar-refractivity contribution in [1.82, 2.24) is 24.8 Å². The lowest BCUT2D eigenvalue weighted by Crippen LogP contribution is -2.46. The molecule has 1 aromatic carbocycles. The van der Waals surface area contributed by atoms with Crippen molar-refractivity contribution >= 4 is 17.0 Å². The van der Waals surface area contributed by atoms with E-state index in [1.165, 1.54) is 5.56 Å². The molecular formula is C17H20N6. The first-order chi connectivity index (χ1) is 11.3. The van der Waals surface area contributed by atoms with E-state index in [2.05, 4.69) is 60.1 Å². The lowest BCUT2D eigenvalue weighted by Gasteiger charge is -2.35. The zero-order chi connectivity index (χ0) is 15.6. The fourth-order valence-electron chi connectivity index (χ4n) is 3.13. The monoisotopic (exact) mass is 308 g/mol. The molecule has 1 aliphatic heterocycles. The molecule has 1 aliphatic rings. The molecule has 1 saturated heterocycles. The van der Waals surface area contributed by atoms with E-state index >= 15 is 0 Å². The topological polar surface area (TPSA) is 60.9 Å². The molecule has 6 nitrogen and oxygen atoms in total. The average Bonchev–Trinajstić information content (AvgIpc) is 2.97. The second kappa shape index (κ2) is 5.96. The molecule has 1 fully saturated rings. The third kappa shape index (κ3) is 2.90. The van der Waals surface area contributed by atoms with Crippen molar-refractivity contribution in [2.24, 2.45) is 0 Å². The second-order valence-electron chi connectivity index (χ2n) is 5.97. The maximum Gasteiger partial charge on any atom is 0.183 e. The van der Waals surface area contributed by atoms with Crippen LogP contribution in [0, 0.1) is 6.92 Å². The van der Waals surface area contributed by atoms with Crippen LogP contribution in [0.25, 0.3) is 11.2 Å². The van der Waals surface area contributed by atoms with Crippen molar-refractivity contribution in [2.75, 3.05) is 31.1 Å². The number of benzene rings is 1. The van der Waals surface area contributed by atoms with Crippen LogP contribution in [0.4, 0.5) is 5.82 Å². The highest BCUT2D eigenvalue weighted by molar-refractivity contribution is 5.83. The Balaban J connectivity index is 1.46. The number of hydrogen-bond donors (Lipinski definition) is 1. The summed E-state index contributed by atoms with van der Waals surface area (Å²) in [6.07, 6.45) is 1.61. The summed E-state index contributed by atoms with van der Waals surface area (Å²) >= 11 is 0. The third-order valence-electron chi connectivity index (χ3n) is 4.31. The Morgan fingerprint density at radius 3 is 2.61 bits per heavy atom. The van der Waals surface area contributed by atoms with E-state index in [0.717, 1.165) is 55.5 Å². The van der Waals surface area contributed by atoms with Crippen molar-refractivity contribution in [2.45, 2.75) is 13.5 Å². The van der Waals surface area contributed by atoms with E-state index < -0.39 is 0 Å². The van der Waals surface area contributed by atoms with Crippen LogP contribution in [0.5, 0.6) is 0 Å². The highest BCUT2D eigenvalue weighted by Crippen LogP contribution is 2.22. The third-order valence-corrected chi connectivity index (χ3v) is 4.31. The summed E-state index contributed by atoms with van der Waals surface area (Å²) in [4.78, 5) is 21.2. The molecule has 0 saturated carbocycles. The quantitative estimate of drug-likeness (QED) is 0.802. The minimum Gasteiger partial charge on any atom is -0.352 e. The van der Waals surface area contributed by atoms with E-state index in [1.807, 2.05) is 6.92 Å². The van der Waals surface area contributed by atoms with Gasteiger partial charge in [0.25, 0.3) is 0 Å². The zero-order valence-electron chi connectivity index (χ0n) is 13.2. The van der Waals surface area contributed by atoms with E-state index in [1.54, 1.807) is 6.33 Å². The second-order valence-corrected chi connectivity index (χ2v) is 5.97. The number of rotatable bonds is 3. The standard InChI is InChI=1S/C17H20N6/c1-13-20-15-16(21-13)18-12-19-17(15)23-9-7-22(8-10-23)11-14-5-3-2-4-6-14/h2-6,12H,7-11H2,1H3,(H,18,19,20,21). The Kier molecular flexibility index (Phi) is 3.67. The molecule has 6 heteroatoms. The Hall–Kier alpha value is -2.47. The van der Waals surface area contributed by atoms with E-state index in [4.69, 9.17) is 0 Å². The van der Waals surface area contributed by atoms with Crippen LogP contribution in [0.2, 0.25) is 0 Å². The number of H-pyrrole nitrogens is 1. The smallest absolute Gasteiger partial charge is 0.183 e. The van der Waals surface area contributed by atoms with E-state index in [9.17, 15) is 0 Å². The summed E-state index contributed by atoms with van der Waals surface area (Å²) in [6.45, 7) is 6.97. The predicted molar refractivity (Wildman–Crippen MR) is 90.4 cm³/mol. The molecule has 23 heavy (non-hydrogen) atoms. The number of nitrogens with one attached hydrogen (secondary N) is 1. The van der Waals surface area contributed by atoms with Crippen LogP contribution in [-0.4, -0.2) is 51.0 Å². The first-order valence-electron chi connectivity index (χ1n) is 7.98. The van der Waals surface area contributed by atoms with Gasteiger partial charge < -0.3 is 9.88 Å². The van der Waals surface area contributed by atoms with Crippen LogP contribution in [-0.2, 0) is 6.54 Å². The first kappa shape index (κ1) is 14.1. The fraction of sp³-hybridized carbons (Fsp3) is 0.353. The summed E-state index contributed by atoms with van der Waals surface area (Å²) in [5, 5.41) is 0. The van der Waals surface area contributed by atoms with Crippen molar-refractivity contribution in [1.29, 1.82) is 0 Å². The maximum atomic E-state index is 4.48. The number of fused-ring (bicyclic) bond motifs is 1. The number of anilines is 1. The fourth-order valence-corrected chi connectivity index (χ4v) is 3.13. The lowest BCUT2D eigenvalue weighted by atomic mass is 10.2. The molecule has 0 radical (unpaired) electrons. The minimum absolute atomic E-state index is 0.749. The van der Waals surface area contributed by atoms with Gasteiger partial charge in [-0.25, -0.2) is 15.0 Å². The largest absolute Gasteiger partial charge is 0.352 e. The Morgan fingerprint density at radius 2 is 1.83 bits per heavy atom. The molecule has 0 amide bonds. The number of hydrogen-bond acceptors (Lipinski definition) is 5. The van der Waals surface area contributed by atoms with Gasteiger partial charge in [-0.2, -0.15) is 0 Å². The summed E-state index contributed by atoms with van der Waals surface area (Å²) in [7, 11) is 0. The van der Waals surface area contributed by atoms with Gasteiger partial charge in [0.1, 0.15) is 17.7 Å². The Morgan fingerprint density at radius 1 is 1.04 bits per heavy atom. The number of imidazole rings is 1. The van der Waals surface area contributed by atoms with E-state index in [0.29, 0.717) is 0 Å².